The maximum Gasteiger partial charge on any atom is 0.265 e. The molecule has 0 radical (unpaired) electrons. The van der Waals surface area contributed by atoms with E-state index in [2.05, 4.69) is 0 Å². The molecule has 1 fully saturated rings. The molecule has 0 aromatic carbocycles. The number of hydrogen-bond donors (Lipinski definition) is 1. The van der Waals surface area contributed by atoms with Crippen LogP contribution in [0.4, 0.5) is 0 Å². The fraction of sp³-hybridized carbons (Fsp3) is 0.875. The summed E-state index contributed by atoms with van der Waals surface area (Å²) in [6, 6.07) is 0. The molecular formula is C8H12Cl3NO2. The van der Waals surface area contributed by atoms with Crippen molar-refractivity contribution in [2.24, 2.45) is 0 Å². The Balaban J connectivity index is 2.40. The van der Waals surface area contributed by atoms with Gasteiger partial charge >= 0.3 is 0 Å². The van der Waals surface area contributed by atoms with E-state index < -0.39 is 9.39 Å². The number of rotatable bonds is 2. The molecule has 0 aromatic rings. The van der Waals surface area contributed by atoms with Crippen LogP contribution in [0.5, 0.6) is 0 Å². The van der Waals surface area contributed by atoms with Crippen LogP contribution in [-0.4, -0.2) is 27.5 Å². The van der Waals surface area contributed by atoms with Crippen LogP contribution >= 0.6 is 34.8 Å². The van der Waals surface area contributed by atoms with E-state index in [1.54, 1.807) is 0 Å². The Kier molecular flexibility index (Phi) is 3.01. The van der Waals surface area contributed by atoms with Gasteiger partial charge in [0, 0.05) is 0 Å². The lowest BCUT2D eigenvalue weighted by Gasteiger charge is -2.16. The minimum atomic E-state index is -1.80. The normalized spacial score (nSPS) is 29.9. The summed E-state index contributed by atoms with van der Waals surface area (Å²) in [6.07, 6.45) is 0. The van der Waals surface area contributed by atoms with Gasteiger partial charge in [0.1, 0.15) is 12.2 Å². The second-order valence-corrected chi connectivity index (χ2v) is 6.24. The summed E-state index contributed by atoms with van der Waals surface area (Å²) in [5, 5.41) is 7.30. The third-order valence-electron chi connectivity index (χ3n) is 2.46. The maximum absolute atomic E-state index is 7.30. The van der Waals surface area contributed by atoms with Crippen molar-refractivity contribution in [3.63, 3.8) is 0 Å². The largest absolute Gasteiger partial charge is 0.475 e. The molecule has 1 saturated heterocycles. The Morgan fingerprint density at radius 3 is 2.07 bits per heavy atom. The molecule has 1 heterocycles. The molecule has 1 N–H and O–H groups in total. The second-order valence-electron chi connectivity index (χ2n) is 3.96. The average Bonchev–Trinajstić information content (AvgIpc) is 2.45. The third kappa shape index (κ3) is 2.45. The van der Waals surface area contributed by atoms with Gasteiger partial charge in [0.15, 0.2) is 0 Å². The van der Waals surface area contributed by atoms with Crippen molar-refractivity contribution in [3.05, 3.63) is 0 Å². The highest BCUT2D eigenvalue weighted by Gasteiger charge is 2.61. The standard InChI is InChI=1S/C8H12Cl3NO2/c1-6(2)7(3,14-6)4-13-5(12)8(9,10)11/h12H,4H2,1-3H3/t7-/m0/s1. The van der Waals surface area contributed by atoms with Crippen LogP contribution in [0.3, 0.4) is 0 Å². The van der Waals surface area contributed by atoms with Crippen molar-refractivity contribution in [3.8, 4) is 0 Å². The van der Waals surface area contributed by atoms with Crippen LogP contribution in [0.1, 0.15) is 20.8 Å². The van der Waals surface area contributed by atoms with Crippen molar-refractivity contribution in [1.29, 1.82) is 5.41 Å². The maximum atomic E-state index is 7.30. The highest BCUT2D eigenvalue weighted by Crippen LogP contribution is 2.47. The smallest absolute Gasteiger partial charge is 0.265 e. The molecule has 0 bridgehead atoms. The van der Waals surface area contributed by atoms with Crippen molar-refractivity contribution < 1.29 is 9.47 Å². The summed E-state index contributed by atoms with van der Waals surface area (Å²) in [6.45, 7) is 5.98. The SMILES string of the molecule is CC1(C)O[C@@]1(C)COC(=N)C(Cl)(Cl)Cl. The van der Waals surface area contributed by atoms with Crippen molar-refractivity contribution in [2.45, 2.75) is 35.8 Å². The summed E-state index contributed by atoms with van der Waals surface area (Å²) in [5.41, 5.74) is -0.629. The Bertz CT molecular complexity index is 262. The molecule has 82 valence electrons. The van der Waals surface area contributed by atoms with Gasteiger partial charge in [-0.2, -0.15) is 0 Å². The van der Waals surface area contributed by atoms with Crippen molar-refractivity contribution in [1.82, 2.24) is 0 Å². The lowest BCUT2D eigenvalue weighted by Crippen LogP contribution is -2.29. The fourth-order valence-electron chi connectivity index (χ4n) is 1.03. The van der Waals surface area contributed by atoms with E-state index in [9.17, 15) is 0 Å². The van der Waals surface area contributed by atoms with E-state index in [4.69, 9.17) is 49.7 Å². The molecule has 1 aliphatic rings. The lowest BCUT2D eigenvalue weighted by atomic mass is 9.99. The van der Waals surface area contributed by atoms with Crippen LogP contribution in [0, 0.1) is 5.41 Å². The first-order valence-electron chi connectivity index (χ1n) is 4.07. The number of epoxide rings is 1. The first-order chi connectivity index (χ1) is 6.08. The zero-order valence-electron chi connectivity index (χ0n) is 8.16. The quantitative estimate of drug-likeness (QED) is 0.359. The molecule has 6 heteroatoms. The summed E-state index contributed by atoms with van der Waals surface area (Å²) < 4.78 is 8.64. The Labute approximate surface area is 98.1 Å². The van der Waals surface area contributed by atoms with Gasteiger partial charge in [-0.25, -0.2) is 0 Å². The Morgan fingerprint density at radius 2 is 1.79 bits per heavy atom. The highest BCUT2D eigenvalue weighted by atomic mass is 35.6. The number of ether oxygens (including phenoxy) is 2. The molecule has 14 heavy (non-hydrogen) atoms. The number of hydrogen-bond acceptors (Lipinski definition) is 3. The molecule has 1 rings (SSSR count). The van der Waals surface area contributed by atoms with Gasteiger partial charge in [0.2, 0.25) is 5.90 Å². The highest BCUT2D eigenvalue weighted by molar-refractivity contribution is 6.76. The summed E-state index contributed by atoms with van der Waals surface area (Å²) in [7, 11) is 0. The molecule has 0 unspecified atom stereocenters. The monoisotopic (exact) mass is 259 g/mol. The van der Waals surface area contributed by atoms with E-state index >= 15 is 0 Å². The summed E-state index contributed by atoms with van der Waals surface area (Å²) >= 11 is 16.3. The molecular weight excluding hydrogens is 248 g/mol. The molecule has 0 saturated carbocycles. The van der Waals surface area contributed by atoms with E-state index in [-0.39, 0.29) is 18.1 Å². The van der Waals surface area contributed by atoms with Crippen LogP contribution < -0.4 is 0 Å². The van der Waals surface area contributed by atoms with Crippen LogP contribution in [-0.2, 0) is 9.47 Å². The van der Waals surface area contributed by atoms with Gasteiger partial charge < -0.3 is 9.47 Å². The number of halogens is 3. The topological polar surface area (TPSA) is 45.6 Å². The van der Waals surface area contributed by atoms with Gasteiger partial charge in [0.05, 0.1) is 5.60 Å². The molecule has 0 aliphatic carbocycles. The van der Waals surface area contributed by atoms with E-state index in [0.29, 0.717) is 0 Å². The van der Waals surface area contributed by atoms with Crippen LogP contribution in [0.15, 0.2) is 0 Å². The van der Waals surface area contributed by atoms with Crippen LogP contribution in [0.2, 0.25) is 0 Å². The second kappa shape index (κ2) is 3.41. The van der Waals surface area contributed by atoms with E-state index in [1.807, 2.05) is 20.8 Å². The minimum absolute atomic E-state index is 0.215. The van der Waals surface area contributed by atoms with Gasteiger partial charge in [-0.05, 0) is 20.8 Å². The molecule has 0 amide bonds. The summed E-state index contributed by atoms with van der Waals surface area (Å²) in [4.78, 5) is 0. The third-order valence-corrected chi connectivity index (χ3v) is 2.98. The molecule has 0 aromatic heterocycles. The Morgan fingerprint density at radius 1 is 1.36 bits per heavy atom. The molecule has 0 spiro atoms. The number of alkyl halides is 3. The first kappa shape index (κ1) is 12.4. The van der Waals surface area contributed by atoms with Gasteiger partial charge in [-0.1, -0.05) is 34.8 Å². The molecule has 1 aliphatic heterocycles. The number of nitrogens with one attached hydrogen (secondary N) is 1. The fourth-order valence-corrected chi connectivity index (χ4v) is 1.20. The lowest BCUT2D eigenvalue weighted by molar-refractivity contribution is 0.187. The molecule has 3 nitrogen and oxygen atoms in total. The first-order valence-corrected chi connectivity index (χ1v) is 5.21. The zero-order valence-corrected chi connectivity index (χ0v) is 10.4. The van der Waals surface area contributed by atoms with Crippen molar-refractivity contribution in [2.75, 3.05) is 6.61 Å². The Hall–Kier alpha value is 0.300. The zero-order chi connectivity index (χ0) is 11.2. The van der Waals surface area contributed by atoms with Crippen molar-refractivity contribution >= 4 is 40.7 Å². The average molecular weight is 261 g/mol. The predicted molar refractivity (Wildman–Crippen MR) is 57.5 cm³/mol. The minimum Gasteiger partial charge on any atom is -0.475 e. The van der Waals surface area contributed by atoms with E-state index in [0.717, 1.165) is 0 Å². The van der Waals surface area contributed by atoms with Crippen LogP contribution in [0.25, 0.3) is 0 Å². The van der Waals surface area contributed by atoms with Gasteiger partial charge in [-0.3, -0.25) is 5.41 Å². The predicted octanol–water partition coefficient (Wildman–Crippen LogP) is 2.92. The van der Waals surface area contributed by atoms with Gasteiger partial charge in [-0.15, -0.1) is 0 Å². The molecule has 1 atom stereocenters. The summed E-state index contributed by atoms with van der Waals surface area (Å²) in [5.74, 6) is -0.380. The van der Waals surface area contributed by atoms with E-state index in [1.165, 1.54) is 0 Å². The van der Waals surface area contributed by atoms with Gasteiger partial charge in [0.25, 0.3) is 3.79 Å².